The summed E-state index contributed by atoms with van der Waals surface area (Å²) < 4.78 is 11.1. The predicted octanol–water partition coefficient (Wildman–Crippen LogP) is 4.23. The lowest BCUT2D eigenvalue weighted by atomic mass is 9.88. The van der Waals surface area contributed by atoms with Crippen molar-refractivity contribution in [3.63, 3.8) is 0 Å². The van der Waals surface area contributed by atoms with Gasteiger partial charge in [0.25, 0.3) is 5.91 Å². The Morgan fingerprint density at radius 3 is 2.70 bits per heavy atom. The van der Waals surface area contributed by atoms with E-state index in [1.54, 1.807) is 19.1 Å². The quantitative estimate of drug-likeness (QED) is 0.641. The van der Waals surface area contributed by atoms with Gasteiger partial charge in [0.2, 0.25) is 0 Å². The van der Waals surface area contributed by atoms with Crippen LogP contribution in [0.5, 0.6) is 11.5 Å². The zero-order valence-corrected chi connectivity index (χ0v) is 17.0. The molecule has 2 aliphatic rings. The minimum atomic E-state index is -1.16. The highest BCUT2D eigenvalue weighted by atomic mass is 35.5. The van der Waals surface area contributed by atoms with Gasteiger partial charge in [0.15, 0.2) is 11.5 Å². The third kappa shape index (κ3) is 2.87. The molecule has 3 aromatic carbocycles. The molecule has 2 aliphatic heterocycles. The third-order valence-corrected chi connectivity index (χ3v) is 5.88. The minimum absolute atomic E-state index is 0.0847. The van der Waals surface area contributed by atoms with Gasteiger partial charge in [0.1, 0.15) is 18.8 Å². The van der Waals surface area contributed by atoms with Crippen molar-refractivity contribution in [1.82, 2.24) is 10.2 Å². The van der Waals surface area contributed by atoms with Crippen LogP contribution in [0.4, 0.5) is 4.79 Å². The maximum Gasteiger partial charge on any atom is 0.325 e. The van der Waals surface area contributed by atoms with Crippen LogP contribution >= 0.6 is 11.6 Å². The molecule has 0 aromatic heterocycles. The molecule has 152 valence electrons. The first-order chi connectivity index (χ1) is 14.5. The van der Waals surface area contributed by atoms with Crippen LogP contribution in [0.3, 0.4) is 0 Å². The number of halogens is 1. The summed E-state index contributed by atoms with van der Waals surface area (Å²) in [6, 6.07) is 16.6. The van der Waals surface area contributed by atoms with E-state index in [9.17, 15) is 9.59 Å². The summed E-state index contributed by atoms with van der Waals surface area (Å²) in [5.41, 5.74) is 0.298. The van der Waals surface area contributed by atoms with Gasteiger partial charge in [-0.3, -0.25) is 9.69 Å². The summed E-state index contributed by atoms with van der Waals surface area (Å²) in [7, 11) is 0. The monoisotopic (exact) mass is 422 g/mol. The maximum absolute atomic E-state index is 13.4. The number of carbonyl (C=O) groups is 2. The number of fused-ring (bicyclic) bond motifs is 2. The first kappa shape index (κ1) is 18.8. The van der Waals surface area contributed by atoms with Crippen LogP contribution < -0.4 is 14.8 Å². The standard InChI is InChI=1S/C23H19ClN2O4/c1-23(17-8-4-6-15-5-2-3-7-16(15)17)21(27)26(22(28)25-23)13-14-11-18(24)20-19(12-14)29-9-10-30-20/h2-8,11-12H,9-10,13H2,1H3,(H,25,28). The number of nitrogens with zero attached hydrogens (tertiary/aromatic N) is 1. The van der Waals surface area contributed by atoms with Gasteiger partial charge in [0.05, 0.1) is 11.6 Å². The maximum atomic E-state index is 13.4. The summed E-state index contributed by atoms with van der Waals surface area (Å²) >= 11 is 6.31. The molecule has 1 saturated heterocycles. The highest BCUT2D eigenvalue weighted by Crippen LogP contribution is 2.39. The van der Waals surface area contributed by atoms with Crippen LogP contribution in [0, 0.1) is 0 Å². The van der Waals surface area contributed by atoms with Gasteiger partial charge in [-0.15, -0.1) is 0 Å². The van der Waals surface area contributed by atoms with E-state index < -0.39 is 11.6 Å². The van der Waals surface area contributed by atoms with Gasteiger partial charge >= 0.3 is 6.03 Å². The first-order valence-corrected chi connectivity index (χ1v) is 10.1. The van der Waals surface area contributed by atoms with E-state index in [-0.39, 0.29) is 12.5 Å². The van der Waals surface area contributed by atoms with E-state index in [1.165, 1.54) is 4.90 Å². The number of ether oxygens (including phenoxy) is 2. The molecule has 0 spiro atoms. The van der Waals surface area contributed by atoms with Crippen LogP contribution in [0.15, 0.2) is 54.6 Å². The Kier molecular flexibility index (Phi) is 4.33. The number of rotatable bonds is 3. The largest absolute Gasteiger partial charge is 0.486 e. The number of hydrogen-bond acceptors (Lipinski definition) is 4. The number of benzene rings is 3. The van der Waals surface area contributed by atoms with Crippen molar-refractivity contribution in [2.75, 3.05) is 13.2 Å². The Balaban J connectivity index is 1.50. The molecule has 1 atom stereocenters. The molecule has 0 saturated carbocycles. The molecule has 0 aliphatic carbocycles. The van der Waals surface area contributed by atoms with Gasteiger partial charge in [-0.05, 0) is 41.0 Å². The Hall–Kier alpha value is -3.25. The zero-order chi connectivity index (χ0) is 20.9. The summed E-state index contributed by atoms with van der Waals surface area (Å²) in [5.74, 6) is 0.701. The fourth-order valence-electron chi connectivity index (χ4n) is 4.12. The molecule has 7 heteroatoms. The smallest absolute Gasteiger partial charge is 0.325 e. The summed E-state index contributed by atoms with van der Waals surface area (Å²) in [5, 5.41) is 5.22. The highest BCUT2D eigenvalue weighted by molar-refractivity contribution is 6.32. The summed E-state index contributed by atoms with van der Waals surface area (Å²) in [4.78, 5) is 27.4. The molecule has 30 heavy (non-hydrogen) atoms. The van der Waals surface area contributed by atoms with Crippen molar-refractivity contribution in [2.45, 2.75) is 19.0 Å². The molecule has 2 heterocycles. The molecular formula is C23H19ClN2O4. The Morgan fingerprint density at radius 2 is 1.83 bits per heavy atom. The predicted molar refractivity (Wildman–Crippen MR) is 113 cm³/mol. The SMILES string of the molecule is CC1(c2cccc3ccccc23)NC(=O)N(Cc2cc(Cl)c3c(c2)OCCO3)C1=O. The Labute approximate surface area is 178 Å². The second-order valence-corrected chi connectivity index (χ2v) is 7.98. The minimum Gasteiger partial charge on any atom is -0.486 e. The van der Waals surface area contributed by atoms with Gasteiger partial charge in [-0.25, -0.2) is 4.79 Å². The number of imide groups is 1. The lowest BCUT2D eigenvalue weighted by Gasteiger charge is -2.24. The fourth-order valence-corrected chi connectivity index (χ4v) is 4.41. The number of nitrogens with one attached hydrogen (secondary N) is 1. The number of amides is 3. The van der Waals surface area contributed by atoms with Crippen LogP contribution in [0.2, 0.25) is 5.02 Å². The second kappa shape index (κ2) is 6.92. The second-order valence-electron chi connectivity index (χ2n) is 7.57. The van der Waals surface area contributed by atoms with Crippen molar-refractivity contribution in [1.29, 1.82) is 0 Å². The van der Waals surface area contributed by atoms with E-state index in [2.05, 4.69) is 5.32 Å². The molecule has 0 radical (unpaired) electrons. The normalized spacial score (nSPS) is 20.5. The molecule has 1 unspecified atom stereocenters. The number of hydrogen-bond donors (Lipinski definition) is 1. The van der Waals surface area contributed by atoms with Crippen molar-refractivity contribution < 1.29 is 19.1 Å². The average Bonchev–Trinajstić information content (AvgIpc) is 2.97. The topological polar surface area (TPSA) is 67.9 Å². The van der Waals surface area contributed by atoms with Gasteiger partial charge in [-0.2, -0.15) is 0 Å². The van der Waals surface area contributed by atoms with E-state index in [0.717, 1.165) is 16.3 Å². The number of carbonyl (C=O) groups excluding carboxylic acids is 2. The molecule has 5 rings (SSSR count). The summed E-state index contributed by atoms with van der Waals surface area (Å²) in [6.45, 7) is 2.69. The van der Waals surface area contributed by atoms with Crippen molar-refractivity contribution >= 4 is 34.3 Å². The molecule has 0 bridgehead atoms. The molecular weight excluding hydrogens is 404 g/mol. The van der Waals surface area contributed by atoms with E-state index in [4.69, 9.17) is 21.1 Å². The Morgan fingerprint density at radius 1 is 1.07 bits per heavy atom. The lowest BCUT2D eigenvalue weighted by molar-refractivity contribution is -0.131. The van der Waals surface area contributed by atoms with Gasteiger partial charge in [0, 0.05) is 0 Å². The third-order valence-electron chi connectivity index (χ3n) is 5.60. The molecule has 1 N–H and O–H groups in total. The van der Waals surface area contributed by atoms with Crippen molar-refractivity contribution in [3.05, 3.63) is 70.7 Å². The van der Waals surface area contributed by atoms with E-state index >= 15 is 0 Å². The Bertz CT molecular complexity index is 1190. The number of urea groups is 1. The van der Waals surface area contributed by atoms with Crippen LogP contribution in [-0.2, 0) is 16.9 Å². The summed E-state index contributed by atoms with van der Waals surface area (Å²) in [6.07, 6.45) is 0. The van der Waals surface area contributed by atoms with E-state index in [0.29, 0.717) is 35.3 Å². The average molecular weight is 423 g/mol. The molecule has 3 aromatic rings. The molecule has 3 amide bonds. The van der Waals surface area contributed by atoms with E-state index in [1.807, 2.05) is 42.5 Å². The zero-order valence-electron chi connectivity index (χ0n) is 16.3. The van der Waals surface area contributed by atoms with Crippen LogP contribution in [0.25, 0.3) is 10.8 Å². The van der Waals surface area contributed by atoms with Crippen LogP contribution in [-0.4, -0.2) is 30.1 Å². The van der Waals surface area contributed by atoms with Gasteiger partial charge < -0.3 is 14.8 Å². The first-order valence-electron chi connectivity index (χ1n) is 9.68. The molecule has 1 fully saturated rings. The lowest BCUT2D eigenvalue weighted by Crippen LogP contribution is -2.41. The van der Waals surface area contributed by atoms with Crippen molar-refractivity contribution in [2.24, 2.45) is 0 Å². The van der Waals surface area contributed by atoms with Gasteiger partial charge in [-0.1, -0.05) is 54.1 Å². The van der Waals surface area contributed by atoms with Crippen molar-refractivity contribution in [3.8, 4) is 11.5 Å². The molecule has 6 nitrogen and oxygen atoms in total. The fraction of sp³-hybridized carbons (Fsp3) is 0.217. The highest BCUT2D eigenvalue weighted by Gasteiger charge is 2.49. The van der Waals surface area contributed by atoms with Crippen LogP contribution in [0.1, 0.15) is 18.1 Å².